The Morgan fingerprint density at radius 1 is 0.455 bits per heavy atom. The Balaban J connectivity index is 1.12. The molecule has 1 N–H and O–H groups in total. The largest absolute Gasteiger partial charge is 0.455 e. The highest BCUT2D eigenvalue weighted by atomic mass is 16.8. The van der Waals surface area contributed by atoms with Crippen molar-refractivity contribution in [3.63, 3.8) is 0 Å². The lowest BCUT2D eigenvalue weighted by atomic mass is 9.91. The van der Waals surface area contributed by atoms with Gasteiger partial charge in [-0.1, -0.05) is 182 Å². The second kappa shape index (κ2) is 23.7. The van der Waals surface area contributed by atoms with E-state index in [4.69, 9.17) is 42.6 Å². The molecule has 9 atom stereocenters. The molecule has 6 aromatic carbocycles. The zero-order valence-corrected chi connectivity index (χ0v) is 37.1. The van der Waals surface area contributed by atoms with E-state index in [1.807, 2.05) is 182 Å². The molecule has 2 heterocycles. The minimum atomic E-state index is -1.81. The fraction of sp³-hybridized carbons (Fsp3) is 0.327. The van der Waals surface area contributed by atoms with E-state index in [1.54, 1.807) is 6.92 Å². The first kappa shape index (κ1) is 46.9. The number of aliphatic hydroxyl groups is 1. The van der Waals surface area contributed by atoms with Crippen molar-refractivity contribution in [1.82, 2.24) is 0 Å². The summed E-state index contributed by atoms with van der Waals surface area (Å²) in [6.45, 7) is 2.87. The lowest BCUT2D eigenvalue weighted by molar-refractivity contribution is -0.388. The highest BCUT2D eigenvalue weighted by Gasteiger charge is 2.59. The Kier molecular flexibility index (Phi) is 16.9. The summed E-state index contributed by atoms with van der Waals surface area (Å²) in [5, 5.41) is 12.6. The number of esters is 1. The van der Waals surface area contributed by atoms with Crippen LogP contribution in [0, 0.1) is 0 Å². The molecule has 0 aromatic heterocycles. The Labute approximate surface area is 387 Å². The predicted octanol–water partition coefficient (Wildman–Crippen LogP) is 8.55. The number of carbonyl (C=O) groups excluding carboxylic acids is 1. The van der Waals surface area contributed by atoms with Crippen molar-refractivity contribution in [1.29, 1.82) is 0 Å². The third-order valence-electron chi connectivity index (χ3n) is 11.7. The van der Waals surface area contributed by atoms with E-state index in [2.05, 4.69) is 0 Å². The standard InChI is InChI=1S/C55H58O11/c1-55(53(63-37-45-30-18-7-19-31-45)48(56)49(60-34-42-24-12-4-13-25-42)47(65-55)39-59-33-41-22-10-3-11-23-41)66-52-51(62-36-44-28-16-6-17-29-44)50(61-35-43-26-14-5-15-27-43)46(64-54(52)57)38-58-32-40-20-8-2-9-21-40/h2-31,46-53,56H,32-39H2,1H3/t46-,47-,48+,49-,50-,51+,52+,53+,55-/m1/s1. The van der Waals surface area contributed by atoms with Crippen molar-refractivity contribution >= 4 is 5.97 Å². The van der Waals surface area contributed by atoms with Crippen molar-refractivity contribution < 1.29 is 52.5 Å². The van der Waals surface area contributed by atoms with E-state index in [9.17, 15) is 9.90 Å². The normalized spacial score (nSPS) is 25.3. The smallest absolute Gasteiger partial charge is 0.338 e. The zero-order valence-electron chi connectivity index (χ0n) is 37.1. The molecule has 6 aromatic rings. The molecule has 0 amide bonds. The first-order valence-electron chi connectivity index (χ1n) is 22.5. The summed E-state index contributed by atoms with van der Waals surface area (Å²) < 4.78 is 59.3. The Hall–Kier alpha value is -5.57. The summed E-state index contributed by atoms with van der Waals surface area (Å²) in [6, 6.07) is 58.3. The molecule has 2 saturated heterocycles. The quantitative estimate of drug-likeness (QED) is 0.0661. The highest BCUT2D eigenvalue weighted by Crippen LogP contribution is 2.39. The monoisotopic (exact) mass is 894 g/mol. The van der Waals surface area contributed by atoms with Crippen molar-refractivity contribution in [2.45, 2.75) is 101 Å². The molecule has 2 fully saturated rings. The zero-order chi connectivity index (χ0) is 45.4. The van der Waals surface area contributed by atoms with Gasteiger partial charge in [0.15, 0.2) is 18.0 Å². The first-order valence-corrected chi connectivity index (χ1v) is 22.5. The summed E-state index contributed by atoms with van der Waals surface area (Å²) in [4.78, 5) is 14.7. The summed E-state index contributed by atoms with van der Waals surface area (Å²) >= 11 is 0. The third kappa shape index (κ3) is 12.9. The van der Waals surface area contributed by atoms with Crippen LogP contribution in [0.2, 0.25) is 0 Å². The molecule has 344 valence electrons. The molecule has 11 nitrogen and oxygen atoms in total. The number of rotatable bonds is 22. The number of carbonyl (C=O) groups is 1. The molecule has 0 spiro atoms. The molecule has 11 heteroatoms. The van der Waals surface area contributed by atoms with E-state index in [-0.39, 0.29) is 46.2 Å². The van der Waals surface area contributed by atoms with Crippen LogP contribution >= 0.6 is 0 Å². The van der Waals surface area contributed by atoms with Crippen LogP contribution in [-0.4, -0.2) is 78.9 Å². The summed E-state index contributed by atoms with van der Waals surface area (Å²) in [5.74, 6) is -2.51. The van der Waals surface area contributed by atoms with Crippen LogP contribution in [0.1, 0.15) is 40.3 Å². The van der Waals surface area contributed by atoms with Gasteiger partial charge < -0.3 is 47.7 Å². The van der Waals surface area contributed by atoms with Crippen molar-refractivity contribution in [3.8, 4) is 0 Å². The molecule has 0 aliphatic carbocycles. The lowest BCUT2D eigenvalue weighted by Crippen LogP contribution is -2.69. The van der Waals surface area contributed by atoms with Gasteiger partial charge in [-0.2, -0.15) is 0 Å². The predicted molar refractivity (Wildman–Crippen MR) is 246 cm³/mol. The number of hydrogen-bond acceptors (Lipinski definition) is 11. The average Bonchev–Trinajstić information content (AvgIpc) is 3.35. The molecule has 0 bridgehead atoms. The van der Waals surface area contributed by atoms with Crippen LogP contribution < -0.4 is 0 Å². The minimum absolute atomic E-state index is 0.0163. The van der Waals surface area contributed by atoms with E-state index in [0.717, 1.165) is 33.4 Å². The van der Waals surface area contributed by atoms with E-state index >= 15 is 0 Å². The fourth-order valence-corrected chi connectivity index (χ4v) is 8.29. The van der Waals surface area contributed by atoms with Crippen LogP contribution in [0.3, 0.4) is 0 Å². The van der Waals surface area contributed by atoms with Crippen molar-refractivity contribution in [3.05, 3.63) is 215 Å². The van der Waals surface area contributed by atoms with Gasteiger partial charge in [-0.15, -0.1) is 0 Å². The van der Waals surface area contributed by atoms with Crippen molar-refractivity contribution in [2.24, 2.45) is 0 Å². The van der Waals surface area contributed by atoms with Crippen LogP contribution in [0.25, 0.3) is 0 Å². The van der Waals surface area contributed by atoms with Gasteiger partial charge in [0, 0.05) is 0 Å². The number of cyclic esters (lactones) is 1. The highest BCUT2D eigenvalue weighted by molar-refractivity contribution is 5.77. The first-order chi connectivity index (χ1) is 32.4. The molecule has 8 rings (SSSR count). The van der Waals surface area contributed by atoms with Gasteiger partial charge in [0.2, 0.25) is 0 Å². The van der Waals surface area contributed by atoms with Gasteiger partial charge in [-0.3, -0.25) is 0 Å². The number of aliphatic hydroxyl groups excluding tert-OH is 1. The van der Waals surface area contributed by atoms with Gasteiger partial charge in [0.25, 0.3) is 0 Å². The second-order valence-corrected chi connectivity index (χ2v) is 16.7. The lowest BCUT2D eigenvalue weighted by Gasteiger charge is -2.51. The Bertz CT molecular complexity index is 2300. The molecule has 0 unspecified atom stereocenters. The van der Waals surface area contributed by atoms with Gasteiger partial charge in [0.1, 0.15) is 36.6 Å². The van der Waals surface area contributed by atoms with Gasteiger partial charge in [-0.25, -0.2) is 4.79 Å². The molecular formula is C55H58O11. The van der Waals surface area contributed by atoms with Gasteiger partial charge in [0.05, 0.1) is 52.9 Å². The maximum atomic E-state index is 14.7. The van der Waals surface area contributed by atoms with Crippen LogP contribution in [0.15, 0.2) is 182 Å². The van der Waals surface area contributed by atoms with E-state index in [1.165, 1.54) is 0 Å². The molecule has 2 aliphatic heterocycles. The minimum Gasteiger partial charge on any atom is -0.455 e. The second-order valence-electron chi connectivity index (χ2n) is 16.7. The SMILES string of the molecule is C[C@]1(O[C@@H]2C(=O)O[C@H](COCc3ccccc3)[C@@H](OCc3ccccc3)[C@@H]2OCc2ccccc2)O[C@H](COCc2ccccc2)[C@@H](OCc2ccccc2)[C@H](O)[C@@H]1OCc1ccccc1. The molecule has 0 radical (unpaired) electrons. The van der Waals surface area contributed by atoms with E-state index < -0.39 is 60.6 Å². The Morgan fingerprint density at radius 2 is 0.803 bits per heavy atom. The summed E-state index contributed by atoms with van der Waals surface area (Å²) in [7, 11) is 0. The average molecular weight is 895 g/mol. The summed E-state index contributed by atoms with van der Waals surface area (Å²) in [6.07, 6.45) is -8.57. The fourth-order valence-electron chi connectivity index (χ4n) is 8.29. The topological polar surface area (TPSA) is 120 Å². The molecule has 66 heavy (non-hydrogen) atoms. The number of ether oxygens (including phenoxy) is 9. The number of benzene rings is 6. The van der Waals surface area contributed by atoms with E-state index in [0.29, 0.717) is 6.61 Å². The summed E-state index contributed by atoms with van der Waals surface area (Å²) in [5.41, 5.74) is 5.49. The third-order valence-corrected chi connectivity index (χ3v) is 11.7. The molecular weight excluding hydrogens is 837 g/mol. The number of hydrogen-bond donors (Lipinski definition) is 1. The maximum absolute atomic E-state index is 14.7. The van der Waals surface area contributed by atoms with Crippen molar-refractivity contribution in [2.75, 3.05) is 13.2 Å². The van der Waals surface area contributed by atoms with Crippen LogP contribution in [0.4, 0.5) is 0 Å². The van der Waals surface area contributed by atoms with Crippen LogP contribution in [0.5, 0.6) is 0 Å². The van der Waals surface area contributed by atoms with Gasteiger partial charge in [-0.05, 0) is 40.3 Å². The maximum Gasteiger partial charge on any atom is 0.338 e. The van der Waals surface area contributed by atoms with Crippen LogP contribution in [-0.2, 0) is 87.1 Å². The Morgan fingerprint density at radius 3 is 1.23 bits per heavy atom. The van der Waals surface area contributed by atoms with Gasteiger partial charge >= 0.3 is 5.97 Å². The molecule has 0 saturated carbocycles. The molecule has 2 aliphatic rings.